The highest BCUT2D eigenvalue weighted by Gasteiger charge is 2.36. The molecule has 3 heterocycles. The summed E-state index contributed by atoms with van der Waals surface area (Å²) in [6, 6.07) is 0.105. The molecule has 1 aliphatic rings. The van der Waals surface area contributed by atoms with Gasteiger partial charge in [-0.3, -0.25) is 0 Å². The monoisotopic (exact) mass is 371 g/mol. The number of piperazine rings is 1. The number of carbonyl (C=O) groups excluding carboxylic acids is 1. The number of fused-ring (bicyclic) bond motifs is 1. The fraction of sp³-hybridized carbons (Fsp3) is 0.550. The largest absolute Gasteiger partial charge is 0.444 e. The van der Waals surface area contributed by atoms with E-state index in [-0.39, 0.29) is 18.2 Å². The number of carbonyl (C=O) groups is 1. The number of ether oxygens (including phenoxy) is 1. The molecule has 2 atom stereocenters. The van der Waals surface area contributed by atoms with E-state index >= 15 is 0 Å². The third kappa shape index (κ3) is 3.77. The molecule has 27 heavy (non-hydrogen) atoms. The van der Waals surface area contributed by atoms with Gasteiger partial charge >= 0.3 is 6.09 Å². The maximum absolute atomic E-state index is 12.6. The lowest BCUT2D eigenvalue weighted by molar-refractivity contribution is 0.0130. The number of aromatic amines is 1. The predicted octanol–water partition coefficient (Wildman–Crippen LogP) is 3.83. The third-order valence-corrected chi connectivity index (χ3v) is 4.80. The smallest absolute Gasteiger partial charge is 0.410 e. The van der Waals surface area contributed by atoms with Crippen molar-refractivity contribution in [3.8, 4) is 0 Å². The molecule has 1 saturated heterocycles. The second kappa shape index (κ2) is 6.87. The summed E-state index contributed by atoms with van der Waals surface area (Å²) in [5.41, 5.74) is 2.28. The topological polar surface area (TPSA) is 74.4 Å². The number of allylic oxidation sites excluding steroid dienone is 1. The Hall–Kier alpha value is -2.57. The first kappa shape index (κ1) is 19.2. The van der Waals surface area contributed by atoms with E-state index in [4.69, 9.17) is 4.74 Å². The molecule has 2 aromatic heterocycles. The van der Waals surface area contributed by atoms with Crippen molar-refractivity contribution in [2.45, 2.75) is 59.2 Å². The summed E-state index contributed by atoms with van der Waals surface area (Å²) in [6.07, 6.45) is 3.24. The fourth-order valence-corrected chi connectivity index (χ4v) is 3.50. The van der Waals surface area contributed by atoms with Crippen LogP contribution in [0.15, 0.2) is 19.1 Å². The van der Waals surface area contributed by atoms with Crippen LogP contribution in [-0.2, 0) is 4.74 Å². The Balaban J connectivity index is 1.90. The first-order valence-electron chi connectivity index (χ1n) is 9.32. The van der Waals surface area contributed by atoms with Gasteiger partial charge in [0.2, 0.25) is 0 Å². The summed E-state index contributed by atoms with van der Waals surface area (Å²) in [5.74, 6) is 0.877. The molecule has 0 radical (unpaired) electrons. The van der Waals surface area contributed by atoms with Gasteiger partial charge in [0.05, 0.1) is 5.39 Å². The Kier molecular flexibility index (Phi) is 4.88. The van der Waals surface area contributed by atoms with Crippen molar-refractivity contribution >= 4 is 28.5 Å². The van der Waals surface area contributed by atoms with E-state index in [1.807, 2.05) is 45.7 Å². The molecule has 3 rings (SSSR count). The van der Waals surface area contributed by atoms with Gasteiger partial charge in [-0.05, 0) is 47.1 Å². The summed E-state index contributed by atoms with van der Waals surface area (Å²) < 4.78 is 5.57. The number of hydrogen-bond acceptors (Lipinski definition) is 5. The summed E-state index contributed by atoms with van der Waals surface area (Å²) in [7, 11) is 0. The molecule has 0 saturated carbocycles. The molecule has 7 nitrogen and oxygen atoms in total. The van der Waals surface area contributed by atoms with Gasteiger partial charge in [-0.2, -0.15) is 0 Å². The number of nitrogens with one attached hydrogen (secondary N) is 1. The lowest BCUT2D eigenvalue weighted by Crippen LogP contribution is -2.59. The van der Waals surface area contributed by atoms with E-state index < -0.39 is 5.60 Å². The summed E-state index contributed by atoms with van der Waals surface area (Å²) >= 11 is 0. The molecule has 1 fully saturated rings. The maximum Gasteiger partial charge on any atom is 0.410 e. The first-order valence-corrected chi connectivity index (χ1v) is 9.32. The average Bonchev–Trinajstić information content (AvgIpc) is 2.99. The van der Waals surface area contributed by atoms with Crippen LogP contribution in [-0.4, -0.2) is 56.7 Å². The zero-order valence-electron chi connectivity index (χ0n) is 17.0. The molecular weight excluding hydrogens is 342 g/mol. The van der Waals surface area contributed by atoms with E-state index in [0.29, 0.717) is 13.1 Å². The van der Waals surface area contributed by atoms with Crippen LogP contribution in [0.25, 0.3) is 16.6 Å². The Labute approximate surface area is 160 Å². The molecular formula is C20H29N5O2. The minimum Gasteiger partial charge on any atom is -0.444 e. The van der Waals surface area contributed by atoms with Crippen LogP contribution >= 0.6 is 0 Å². The molecule has 7 heteroatoms. The van der Waals surface area contributed by atoms with E-state index in [0.717, 1.165) is 28.0 Å². The number of nitrogens with zero attached hydrogens (tertiary/aromatic N) is 4. The van der Waals surface area contributed by atoms with E-state index in [1.165, 1.54) is 0 Å². The Bertz CT molecular complexity index is 867. The van der Waals surface area contributed by atoms with Gasteiger partial charge in [-0.15, -0.1) is 0 Å². The van der Waals surface area contributed by atoms with Crippen molar-refractivity contribution in [2.24, 2.45) is 0 Å². The van der Waals surface area contributed by atoms with Gasteiger partial charge in [0.25, 0.3) is 0 Å². The zero-order valence-corrected chi connectivity index (χ0v) is 17.0. The van der Waals surface area contributed by atoms with E-state index in [9.17, 15) is 4.79 Å². The molecule has 1 N–H and O–H groups in total. The van der Waals surface area contributed by atoms with Crippen molar-refractivity contribution in [1.29, 1.82) is 0 Å². The average molecular weight is 371 g/mol. The third-order valence-electron chi connectivity index (χ3n) is 4.80. The quantitative estimate of drug-likeness (QED) is 0.868. The van der Waals surface area contributed by atoms with Gasteiger partial charge in [0, 0.05) is 36.9 Å². The SMILES string of the molecule is C=C(C)c1c[nH]c2ncnc(N3C[C@@H](C)N(C(=O)OC(C)(C)C)C[C@@H]3C)c12. The highest BCUT2D eigenvalue weighted by atomic mass is 16.6. The van der Waals surface area contributed by atoms with E-state index in [1.54, 1.807) is 6.33 Å². The number of amides is 1. The van der Waals surface area contributed by atoms with Gasteiger partial charge in [0.15, 0.2) is 0 Å². The second-order valence-electron chi connectivity index (χ2n) is 8.39. The van der Waals surface area contributed by atoms with Crippen LogP contribution in [0.2, 0.25) is 0 Å². The van der Waals surface area contributed by atoms with Crippen LogP contribution in [0.5, 0.6) is 0 Å². The highest BCUT2D eigenvalue weighted by Crippen LogP contribution is 2.33. The molecule has 0 unspecified atom stereocenters. The maximum atomic E-state index is 12.6. The summed E-state index contributed by atoms with van der Waals surface area (Å²) in [6.45, 7) is 17.1. The van der Waals surface area contributed by atoms with Gasteiger partial charge < -0.3 is 19.5 Å². The van der Waals surface area contributed by atoms with Crippen molar-refractivity contribution in [3.05, 3.63) is 24.7 Å². The Morgan fingerprint density at radius 2 is 1.96 bits per heavy atom. The van der Waals surface area contributed by atoms with E-state index in [2.05, 4.69) is 33.4 Å². The molecule has 0 aliphatic carbocycles. The number of aromatic nitrogens is 3. The number of H-pyrrole nitrogens is 1. The molecule has 0 bridgehead atoms. The van der Waals surface area contributed by atoms with Crippen molar-refractivity contribution < 1.29 is 9.53 Å². The van der Waals surface area contributed by atoms with Crippen molar-refractivity contribution in [2.75, 3.05) is 18.0 Å². The fourth-order valence-electron chi connectivity index (χ4n) is 3.50. The Morgan fingerprint density at radius 1 is 1.26 bits per heavy atom. The van der Waals surface area contributed by atoms with Crippen LogP contribution in [0.4, 0.5) is 10.6 Å². The van der Waals surface area contributed by atoms with Crippen LogP contribution in [0.3, 0.4) is 0 Å². The molecule has 2 aromatic rings. The van der Waals surface area contributed by atoms with Gasteiger partial charge in [-0.1, -0.05) is 6.58 Å². The standard InChI is InChI=1S/C20H29N5O2/c1-12(2)15-8-21-17-16(15)18(23-11-22-17)24-9-14(4)25(10-13(24)3)19(26)27-20(5,6)7/h8,11,13-14H,1,9-10H2,2-7H3,(H,21,22,23)/t13-,14+/m0/s1. The lowest BCUT2D eigenvalue weighted by Gasteiger charge is -2.44. The molecule has 0 aromatic carbocycles. The number of rotatable bonds is 2. The normalized spacial score (nSPS) is 20.8. The zero-order chi connectivity index (χ0) is 19.9. The molecule has 1 aliphatic heterocycles. The first-order chi connectivity index (χ1) is 12.6. The summed E-state index contributed by atoms with van der Waals surface area (Å²) in [4.78, 5) is 28.8. The van der Waals surface area contributed by atoms with Crippen LogP contribution in [0.1, 0.15) is 47.1 Å². The number of hydrogen-bond donors (Lipinski definition) is 1. The number of anilines is 1. The van der Waals surface area contributed by atoms with Crippen LogP contribution in [0, 0.1) is 0 Å². The van der Waals surface area contributed by atoms with Crippen molar-refractivity contribution in [3.63, 3.8) is 0 Å². The summed E-state index contributed by atoms with van der Waals surface area (Å²) in [5, 5.41) is 0.981. The predicted molar refractivity (Wildman–Crippen MR) is 108 cm³/mol. The molecule has 1 amide bonds. The van der Waals surface area contributed by atoms with Crippen LogP contribution < -0.4 is 4.90 Å². The minimum absolute atomic E-state index is 0.00767. The molecule has 146 valence electrons. The lowest BCUT2D eigenvalue weighted by atomic mass is 10.1. The highest BCUT2D eigenvalue weighted by molar-refractivity contribution is 5.97. The van der Waals surface area contributed by atoms with Crippen molar-refractivity contribution in [1.82, 2.24) is 19.9 Å². The Morgan fingerprint density at radius 3 is 2.59 bits per heavy atom. The second-order valence-corrected chi connectivity index (χ2v) is 8.39. The van der Waals surface area contributed by atoms with Gasteiger partial charge in [-0.25, -0.2) is 14.8 Å². The van der Waals surface area contributed by atoms with Gasteiger partial charge in [0.1, 0.15) is 23.4 Å². The molecule has 0 spiro atoms. The minimum atomic E-state index is -0.502.